The summed E-state index contributed by atoms with van der Waals surface area (Å²) in [7, 11) is 1.56. The highest BCUT2D eigenvalue weighted by Gasteiger charge is 2.22. The van der Waals surface area contributed by atoms with Gasteiger partial charge in [-0.15, -0.1) is 11.3 Å². The van der Waals surface area contributed by atoms with E-state index in [0.29, 0.717) is 27.7 Å². The summed E-state index contributed by atoms with van der Waals surface area (Å²) >= 11 is 1.15. The largest absolute Gasteiger partial charge is 0.493 e. The molecule has 1 N–H and O–H groups in total. The lowest BCUT2D eigenvalue weighted by molar-refractivity contribution is -0.144. The van der Waals surface area contributed by atoms with Gasteiger partial charge in [0.1, 0.15) is 10.6 Å². The van der Waals surface area contributed by atoms with Gasteiger partial charge in [-0.2, -0.15) is 0 Å². The van der Waals surface area contributed by atoms with Crippen molar-refractivity contribution in [3.8, 4) is 16.4 Å². The van der Waals surface area contributed by atoms with Crippen LogP contribution in [0.4, 0.5) is 5.69 Å². The first kappa shape index (κ1) is 22.4. The second kappa shape index (κ2) is 10.1. The molecule has 0 spiro atoms. The summed E-state index contributed by atoms with van der Waals surface area (Å²) in [6, 6.07) is 9.04. The minimum Gasteiger partial charge on any atom is -0.493 e. The molecule has 9 heteroatoms. The molecule has 31 heavy (non-hydrogen) atoms. The van der Waals surface area contributed by atoms with Gasteiger partial charge in [-0.3, -0.25) is 9.59 Å². The number of para-hydroxylation sites is 1. The van der Waals surface area contributed by atoms with E-state index in [1.165, 1.54) is 0 Å². The lowest BCUT2D eigenvalue weighted by atomic mass is 10.2. The van der Waals surface area contributed by atoms with Gasteiger partial charge in [0.2, 0.25) is 5.91 Å². The van der Waals surface area contributed by atoms with Gasteiger partial charge in [0.15, 0.2) is 11.3 Å². The van der Waals surface area contributed by atoms with E-state index in [0.717, 1.165) is 16.7 Å². The van der Waals surface area contributed by atoms with Crippen molar-refractivity contribution in [2.24, 2.45) is 0 Å². The smallest absolute Gasteiger partial charge is 0.350 e. The standard InChI is InChI=1S/C22H23NO7S/c1-4-28-19(25)10-9-18(24)23-14-12-17(31-21(14)22(26)29-5-2)16-11-13-7-6-8-15(27-3)20(13)30-16/h6-8,11-12H,4-5,9-10H2,1-3H3,(H,23,24). The number of hydrogen-bond acceptors (Lipinski definition) is 8. The monoisotopic (exact) mass is 445 g/mol. The van der Waals surface area contributed by atoms with E-state index in [4.69, 9.17) is 18.6 Å². The number of carbonyl (C=O) groups excluding carboxylic acids is 3. The van der Waals surface area contributed by atoms with Crippen LogP contribution >= 0.6 is 11.3 Å². The maximum Gasteiger partial charge on any atom is 0.350 e. The van der Waals surface area contributed by atoms with E-state index in [1.54, 1.807) is 33.1 Å². The highest BCUT2D eigenvalue weighted by Crippen LogP contribution is 2.39. The number of carbonyl (C=O) groups is 3. The highest BCUT2D eigenvalue weighted by molar-refractivity contribution is 7.18. The molecular formula is C22H23NO7S. The quantitative estimate of drug-likeness (QED) is 0.479. The zero-order valence-corrected chi connectivity index (χ0v) is 18.3. The van der Waals surface area contributed by atoms with Crippen molar-refractivity contribution in [2.45, 2.75) is 26.7 Å². The van der Waals surface area contributed by atoms with Crippen molar-refractivity contribution >= 4 is 45.8 Å². The van der Waals surface area contributed by atoms with E-state index in [-0.39, 0.29) is 30.9 Å². The van der Waals surface area contributed by atoms with Crippen molar-refractivity contribution < 1.29 is 33.0 Å². The summed E-state index contributed by atoms with van der Waals surface area (Å²) in [4.78, 5) is 37.1. The molecule has 0 aliphatic heterocycles. The van der Waals surface area contributed by atoms with Gasteiger partial charge in [0.25, 0.3) is 0 Å². The first-order valence-electron chi connectivity index (χ1n) is 9.80. The molecule has 2 heterocycles. The Balaban J connectivity index is 1.88. The van der Waals surface area contributed by atoms with E-state index in [9.17, 15) is 14.4 Å². The summed E-state index contributed by atoms with van der Waals surface area (Å²) in [6.07, 6.45) is -0.108. The Kier molecular flexibility index (Phi) is 7.30. The fourth-order valence-corrected chi connectivity index (χ4v) is 3.89. The van der Waals surface area contributed by atoms with E-state index < -0.39 is 17.8 Å². The molecule has 0 fully saturated rings. The van der Waals surface area contributed by atoms with Crippen LogP contribution in [0.1, 0.15) is 36.4 Å². The minimum absolute atomic E-state index is 0.0468. The first-order valence-corrected chi connectivity index (χ1v) is 10.6. The van der Waals surface area contributed by atoms with Crippen molar-refractivity contribution in [2.75, 3.05) is 25.6 Å². The van der Waals surface area contributed by atoms with Crippen LogP contribution in [0.2, 0.25) is 0 Å². The van der Waals surface area contributed by atoms with E-state index in [2.05, 4.69) is 5.32 Å². The third-order valence-corrected chi connectivity index (χ3v) is 5.43. The summed E-state index contributed by atoms with van der Waals surface area (Å²) in [5.41, 5.74) is 0.894. The highest BCUT2D eigenvalue weighted by atomic mass is 32.1. The van der Waals surface area contributed by atoms with Crippen LogP contribution in [-0.2, 0) is 19.1 Å². The molecule has 0 aliphatic rings. The van der Waals surface area contributed by atoms with Crippen LogP contribution in [-0.4, -0.2) is 38.2 Å². The van der Waals surface area contributed by atoms with Crippen molar-refractivity contribution in [1.82, 2.24) is 0 Å². The van der Waals surface area contributed by atoms with Crippen LogP contribution in [0, 0.1) is 0 Å². The second-order valence-corrected chi connectivity index (χ2v) is 7.47. The number of anilines is 1. The van der Waals surface area contributed by atoms with Crippen LogP contribution in [0.25, 0.3) is 21.6 Å². The van der Waals surface area contributed by atoms with Gasteiger partial charge in [0, 0.05) is 11.8 Å². The van der Waals surface area contributed by atoms with E-state index in [1.807, 2.05) is 18.2 Å². The van der Waals surface area contributed by atoms with E-state index >= 15 is 0 Å². The molecule has 0 unspecified atom stereocenters. The molecule has 1 aromatic carbocycles. The van der Waals surface area contributed by atoms with Gasteiger partial charge in [-0.25, -0.2) is 4.79 Å². The lowest BCUT2D eigenvalue weighted by Gasteiger charge is -2.06. The molecule has 1 amide bonds. The number of fused-ring (bicyclic) bond motifs is 1. The number of amides is 1. The maximum absolute atomic E-state index is 12.4. The first-order chi connectivity index (χ1) is 15.0. The fourth-order valence-electron chi connectivity index (χ4n) is 2.93. The molecule has 0 bridgehead atoms. The number of nitrogens with one attached hydrogen (secondary N) is 1. The van der Waals surface area contributed by atoms with Gasteiger partial charge in [0.05, 0.1) is 37.3 Å². The Morgan fingerprint density at radius 1 is 1.06 bits per heavy atom. The van der Waals surface area contributed by atoms with Gasteiger partial charge >= 0.3 is 11.9 Å². The Labute approximate surface area is 183 Å². The summed E-state index contributed by atoms with van der Waals surface area (Å²) in [5.74, 6) is -0.284. The van der Waals surface area contributed by atoms with Crippen molar-refractivity contribution in [3.63, 3.8) is 0 Å². The molecule has 164 valence electrons. The topological polar surface area (TPSA) is 104 Å². The molecule has 0 radical (unpaired) electrons. The molecule has 8 nitrogen and oxygen atoms in total. The maximum atomic E-state index is 12.4. The summed E-state index contributed by atoms with van der Waals surface area (Å²) in [5, 5.41) is 3.54. The Hall–Kier alpha value is -3.33. The van der Waals surface area contributed by atoms with Crippen LogP contribution in [0.15, 0.2) is 34.7 Å². The second-order valence-electron chi connectivity index (χ2n) is 6.42. The van der Waals surface area contributed by atoms with Crippen LogP contribution in [0.5, 0.6) is 5.75 Å². The number of hydrogen-bond donors (Lipinski definition) is 1. The number of ether oxygens (including phenoxy) is 3. The zero-order chi connectivity index (χ0) is 22.4. The van der Waals surface area contributed by atoms with Crippen LogP contribution < -0.4 is 10.1 Å². The number of thiophene rings is 1. The summed E-state index contributed by atoms with van der Waals surface area (Å²) < 4.78 is 21.2. The molecule has 0 saturated carbocycles. The number of benzene rings is 1. The number of rotatable bonds is 9. The van der Waals surface area contributed by atoms with Crippen molar-refractivity contribution in [3.05, 3.63) is 35.2 Å². The average Bonchev–Trinajstić information content (AvgIpc) is 3.36. The number of furan rings is 1. The summed E-state index contributed by atoms with van der Waals surface area (Å²) in [6.45, 7) is 3.85. The zero-order valence-electron chi connectivity index (χ0n) is 17.5. The van der Waals surface area contributed by atoms with Gasteiger partial charge in [-0.1, -0.05) is 12.1 Å². The molecule has 0 aliphatic carbocycles. The SMILES string of the molecule is CCOC(=O)CCC(=O)Nc1cc(-c2cc3cccc(OC)c3o2)sc1C(=O)OCC. The van der Waals surface area contributed by atoms with Gasteiger partial charge in [-0.05, 0) is 32.0 Å². The Bertz CT molecular complexity index is 1100. The third kappa shape index (κ3) is 5.24. The number of methoxy groups -OCH3 is 1. The third-order valence-electron chi connectivity index (χ3n) is 4.30. The van der Waals surface area contributed by atoms with Crippen molar-refractivity contribution in [1.29, 1.82) is 0 Å². The normalized spacial score (nSPS) is 10.7. The number of esters is 2. The lowest BCUT2D eigenvalue weighted by Crippen LogP contribution is -2.16. The molecular weight excluding hydrogens is 422 g/mol. The predicted molar refractivity (Wildman–Crippen MR) is 117 cm³/mol. The average molecular weight is 445 g/mol. The van der Waals surface area contributed by atoms with Crippen LogP contribution in [0.3, 0.4) is 0 Å². The Morgan fingerprint density at radius 3 is 2.55 bits per heavy atom. The molecule has 3 aromatic rings. The minimum atomic E-state index is -0.548. The molecule has 0 saturated heterocycles. The molecule has 0 atom stereocenters. The predicted octanol–water partition coefficient (Wildman–Crippen LogP) is 4.63. The Morgan fingerprint density at radius 2 is 1.84 bits per heavy atom. The fraction of sp³-hybridized carbons (Fsp3) is 0.318. The van der Waals surface area contributed by atoms with Gasteiger partial charge < -0.3 is 23.9 Å². The molecule has 2 aromatic heterocycles. The molecule has 3 rings (SSSR count).